The van der Waals surface area contributed by atoms with Gasteiger partial charge >= 0.3 is 12.1 Å². The molecule has 0 atom stereocenters. The highest BCUT2D eigenvalue weighted by molar-refractivity contribution is 5.77. The zero-order valence-corrected chi connectivity index (χ0v) is 10.4. The van der Waals surface area contributed by atoms with E-state index in [-0.39, 0.29) is 19.5 Å². The first-order valence-corrected chi connectivity index (χ1v) is 5.86. The van der Waals surface area contributed by atoms with Crippen molar-refractivity contribution in [2.75, 3.05) is 6.54 Å². The third-order valence-electron chi connectivity index (χ3n) is 2.67. The molecular weight excluding hydrogens is 222 g/mol. The Bertz CT molecular complexity index is 313. The van der Waals surface area contributed by atoms with Crippen LogP contribution in [0.25, 0.3) is 0 Å². The maximum Gasteiger partial charge on any atom is 0.411 e. The van der Waals surface area contributed by atoms with Crippen molar-refractivity contribution in [3.05, 3.63) is 0 Å². The van der Waals surface area contributed by atoms with Crippen LogP contribution in [-0.4, -0.2) is 40.3 Å². The van der Waals surface area contributed by atoms with Gasteiger partial charge in [0.1, 0.15) is 12.1 Å². The average Bonchev–Trinajstić information content (AvgIpc) is 2.78. The Morgan fingerprint density at radius 1 is 1.47 bits per heavy atom. The standard InChI is InChI=1S/C12H21NO4/c1-12(2,3)17-11(16)13(8-10(14)15)9-6-4-5-7-9/h9H,4-8H2,1-3H3,(H,14,15)/i1D. The van der Waals surface area contributed by atoms with Gasteiger partial charge in [0.25, 0.3) is 0 Å². The number of rotatable bonds is 3. The van der Waals surface area contributed by atoms with Gasteiger partial charge in [-0.3, -0.25) is 9.69 Å². The lowest BCUT2D eigenvalue weighted by molar-refractivity contribution is -0.138. The van der Waals surface area contributed by atoms with E-state index in [1.807, 2.05) is 0 Å². The second kappa shape index (κ2) is 5.38. The van der Waals surface area contributed by atoms with Crippen LogP contribution in [0.5, 0.6) is 0 Å². The van der Waals surface area contributed by atoms with Crippen LogP contribution in [0, 0.1) is 0 Å². The van der Waals surface area contributed by atoms with E-state index in [2.05, 4.69) is 0 Å². The Hall–Kier alpha value is -1.26. The normalized spacial score (nSPS) is 17.6. The quantitative estimate of drug-likeness (QED) is 0.826. The van der Waals surface area contributed by atoms with Crippen molar-refractivity contribution < 1.29 is 20.8 Å². The van der Waals surface area contributed by atoms with E-state index in [4.69, 9.17) is 11.2 Å². The minimum Gasteiger partial charge on any atom is -0.480 e. The molecule has 0 unspecified atom stereocenters. The number of carbonyl (C=O) groups excluding carboxylic acids is 1. The maximum atomic E-state index is 12.0. The Balaban J connectivity index is 2.69. The fourth-order valence-electron chi connectivity index (χ4n) is 2.00. The molecule has 1 aliphatic rings. The zero-order valence-electron chi connectivity index (χ0n) is 11.4. The molecule has 17 heavy (non-hydrogen) atoms. The van der Waals surface area contributed by atoms with Crippen molar-refractivity contribution in [1.82, 2.24) is 4.90 Å². The predicted octanol–water partition coefficient (Wildman–Crippen LogP) is 2.25. The molecule has 5 heteroatoms. The summed E-state index contributed by atoms with van der Waals surface area (Å²) >= 11 is 0. The van der Waals surface area contributed by atoms with Crippen LogP contribution in [0.4, 0.5) is 4.79 Å². The molecular formula is C12H21NO4. The van der Waals surface area contributed by atoms with Gasteiger partial charge in [0.15, 0.2) is 0 Å². The zero-order chi connectivity index (χ0) is 13.8. The molecule has 1 N–H and O–H groups in total. The molecule has 0 bridgehead atoms. The lowest BCUT2D eigenvalue weighted by Crippen LogP contribution is -2.44. The van der Waals surface area contributed by atoms with Gasteiger partial charge in [-0.15, -0.1) is 0 Å². The summed E-state index contributed by atoms with van der Waals surface area (Å²) < 4.78 is 12.5. The largest absolute Gasteiger partial charge is 0.480 e. The Labute approximate surface area is 103 Å². The van der Waals surface area contributed by atoms with Gasteiger partial charge in [0, 0.05) is 7.41 Å². The first-order chi connectivity index (χ1) is 8.35. The number of nitrogens with zero attached hydrogens (tertiary/aromatic N) is 1. The molecule has 0 spiro atoms. The molecule has 0 saturated heterocycles. The van der Waals surface area contributed by atoms with Crippen LogP contribution in [0.15, 0.2) is 0 Å². The molecule has 1 amide bonds. The van der Waals surface area contributed by atoms with Crippen molar-refractivity contribution in [2.24, 2.45) is 0 Å². The van der Waals surface area contributed by atoms with E-state index in [1.165, 1.54) is 4.90 Å². The third-order valence-corrected chi connectivity index (χ3v) is 2.67. The van der Waals surface area contributed by atoms with E-state index in [0.29, 0.717) is 0 Å². The fraction of sp³-hybridized carbons (Fsp3) is 0.833. The number of aliphatic carboxylic acids is 1. The van der Waals surface area contributed by atoms with Crippen LogP contribution in [0.3, 0.4) is 0 Å². The summed E-state index contributed by atoms with van der Waals surface area (Å²) in [6.45, 7) is 2.90. The van der Waals surface area contributed by atoms with Crippen molar-refractivity contribution in [3.63, 3.8) is 0 Å². The summed E-state index contributed by atoms with van der Waals surface area (Å²) in [7, 11) is 0. The summed E-state index contributed by atoms with van der Waals surface area (Å²) in [5.74, 6) is -1.04. The van der Waals surface area contributed by atoms with Gasteiger partial charge in [-0.05, 0) is 33.6 Å². The second-order valence-corrected chi connectivity index (χ2v) is 5.09. The molecule has 0 aromatic carbocycles. The van der Waals surface area contributed by atoms with Gasteiger partial charge in [0.2, 0.25) is 0 Å². The van der Waals surface area contributed by atoms with Crippen molar-refractivity contribution >= 4 is 12.1 Å². The predicted molar refractivity (Wildman–Crippen MR) is 62.8 cm³/mol. The van der Waals surface area contributed by atoms with Gasteiger partial charge in [-0.1, -0.05) is 12.8 Å². The molecule has 1 rings (SSSR count). The van der Waals surface area contributed by atoms with E-state index < -0.39 is 17.7 Å². The highest BCUT2D eigenvalue weighted by Gasteiger charge is 2.31. The molecule has 1 fully saturated rings. The first kappa shape index (κ1) is 12.2. The molecule has 1 aliphatic carbocycles. The Morgan fingerprint density at radius 3 is 2.53 bits per heavy atom. The highest BCUT2D eigenvalue weighted by Crippen LogP contribution is 2.24. The molecule has 98 valence electrons. The summed E-state index contributed by atoms with van der Waals surface area (Å²) in [6, 6.07) is -0.0462. The van der Waals surface area contributed by atoms with E-state index in [0.717, 1.165) is 25.7 Å². The van der Waals surface area contributed by atoms with E-state index in [9.17, 15) is 9.59 Å². The number of carboxylic acid groups (broad SMARTS) is 1. The van der Waals surface area contributed by atoms with E-state index in [1.54, 1.807) is 13.8 Å². The number of ether oxygens (including phenoxy) is 1. The minimum absolute atomic E-state index is 0.0462. The number of amides is 1. The topological polar surface area (TPSA) is 66.8 Å². The molecule has 1 saturated carbocycles. The molecule has 0 radical (unpaired) electrons. The minimum atomic E-state index is -1.04. The van der Waals surface area contributed by atoms with Crippen molar-refractivity contribution in [1.29, 1.82) is 0 Å². The van der Waals surface area contributed by atoms with Gasteiger partial charge in [-0.2, -0.15) is 0 Å². The highest BCUT2D eigenvalue weighted by atomic mass is 16.6. The van der Waals surface area contributed by atoms with Crippen LogP contribution in [0.1, 0.15) is 47.8 Å². The lowest BCUT2D eigenvalue weighted by Gasteiger charge is -2.30. The summed E-state index contributed by atoms with van der Waals surface area (Å²) in [4.78, 5) is 24.1. The monoisotopic (exact) mass is 244 g/mol. The maximum absolute atomic E-state index is 12.0. The Kier molecular flexibility index (Phi) is 3.86. The Morgan fingerprint density at radius 2 is 2.06 bits per heavy atom. The first-order valence-electron chi connectivity index (χ1n) is 6.57. The number of hydrogen-bond acceptors (Lipinski definition) is 3. The van der Waals surface area contributed by atoms with Crippen LogP contribution < -0.4 is 0 Å². The average molecular weight is 244 g/mol. The lowest BCUT2D eigenvalue weighted by atomic mass is 10.2. The second-order valence-electron chi connectivity index (χ2n) is 5.09. The fourth-order valence-corrected chi connectivity index (χ4v) is 2.00. The van der Waals surface area contributed by atoms with Crippen molar-refractivity contribution in [2.45, 2.75) is 58.1 Å². The molecule has 0 aliphatic heterocycles. The summed E-state index contributed by atoms with van der Waals surface area (Å²) in [5.41, 5.74) is -0.882. The number of hydrogen-bond donors (Lipinski definition) is 1. The molecule has 0 heterocycles. The van der Waals surface area contributed by atoms with E-state index >= 15 is 0 Å². The van der Waals surface area contributed by atoms with Crippen molar-refractivity contribution in [3.8, 4) is 0 Å². The van der Waals surface area contributed by atoms with Gasteiger partial charge in [-0.25, -0.2) is 4.79 Å². The third kappa shape index (κ3) is 4.63. The number of carboxylic acids is 1. The summed E-state index contributed by atoms with van der Waals surface area (Å²) in [6.07, 6.45) is 3.04. The van der Waals surface area contributed by atoms with Gasteiger partial charge < -0.3 is 9.84 Å². The van der Waals surface area contributed by atoms with Crippen LogP contribution in [0.2, 0.25) is 0 Å². The van der Waals surface area contributed by atoms with Gasteiger partial charge in [0.05, 0.1) is 0 Å². The molecule has 0 aromatic heterocycles. The smallest absolute Gasteiger partial charge is 0.411 e. The SMILES string of the molecule is [2H]CC(C)(C)OC(=O)N(CC(=O)O)C1CCCC1. The number of carbonyl (C=O) groups is 2. The van der Waals surface area contributed by atoms with Crippen LogP contribution in [-0.2, 0) is 9.53 Å². The molecule has 0 aromatic rings. The molecule has 5 nitrogen and oxygen atoms in total. The van der Waals surface area contributed by atoms with Crippen LogP contribution >= 0.6 is 0 Å². The summed E-state index contributed by atoms with van der Waals surface area (Å²) in [5, 5.41) is 8.86.